The zero-order valence-corrected chi connectivity index (χ0v) is 17.6. The standard InChI is InChI=1S/C24H22N4O4/c1-15-21(16(2)32-28-15)14-31-20-11-5-17(6-12-20)24(30)27-22-4-3-13-25-23(22)26-18-7-9-19(29)10-8-18/h3-13,29H,14H2,1-2H3,(H,25,26)(H,27,30). The topological polar surface area (TPSA) is 110 Å². The van der Waals surface area contributed by atoms with Crippen LogP contribution in [-0.4, -0.2) is 21.2 Å². The Hall–Kier alpha value is -4.33. The van der Waals surface area contributed by atoms with Gasteiger partial charge in [-0.1, -0.05) is 5.16 Å². The molecule has 8 heteroatoms. The molecule has 0 aliphatic carbocycles. The van der Waals surface area contributed by atoms with Crippen molar-refractivity contribution in [3.05, 3.63) is 89.4 Å². The van der Waals surface area contributed by atoms with E-state index in [1.54, 1.807) is 66.9 Å². The molecule has 0 unspecified atom stereocenters. The Labute approximate surface area is 184 Å². The van der Waals surface area contributed by atoms with Crippen molar-refractivity contribution in [3.63, 3.8) is 0 Å². The third kappa shape index (κ3) is 4.86. The zero-order chi connectivity index (χ0) is 22.5. The summed E-state index contributed by atoms with van der Waals surface area (Å²) in [5.41, 5.74) is 3.46. The van der Waals surface area contributed by atoms with E-state index < -0.39 is 0 Å². The molecular weight excluding hydrogens is 408 g/mol. The lowest BCUT2D eigenvalue weighted by Crippen LogP contribution is -2.13. The number of hydrogen-bond donors (Lipinski definition) is 3. The summed E-state index contributed by atoms with van der Waals surface area (Å²) < 4.78 is 10.9. The van der Waals surface area contributed by atoms with Crippen LogP contribution in [0.4, 0.5) is 17.2 Å². The van der Waals surface area contributed by atoms with Gasteiger partial charge in [0.1, 0.15) is 23.9 Å². The number of amides is 1. The maximum atomic E-state index is 12.7. The minimum atomic E-state index is -0.274. The summed E-state index contributed by atoms with van der Waals surface area (Å²) in [7, 11) is 0. The minimum absolute atomic E-state index is 0.171. The van der Waals surface area contributed by atoms with Gasteiger partial charge in [0, 0.05) is 17.4 Å². The van der Waals surface area contributed by atoms with Crippen LogP contribution in [0.25, 0.3) is 0 Å². The quantitative estimate of drug-likeness (QED) is 0.355. The molecule has 0 saturated carbocycles. The Bertz CT molecular complexity index is 1200. The molecule has 0 spiro atoms. The molecule has 0 aliphatic rings. The molecule has 4 aromatic rings. The number of phenolic OH excluding ortho intramolecular Hbond substituents is 1. The highest BCUT2D eigenvalue weighted by atomic mass is 16.5. The maximum Gasteiger partial charge on any atom is 0.255 e. The van der Waals surface area contributed by atoms with Crippen molar-refractivity contribution in [1.29, 1.82) is 0 Å². The van der Waals surface area contributed by atoms with Crippen LogP contribution in [0.5, 0.6) is 11.5 Å². The molecule has 1 amide bonds. The average molecular weight is 430 g/mol. The van der Waals surface area contributed by atoms with Crippen LogP contribution in [0, 0.1) is 13.8 Å². The first-order valence-corrected chi connectivity index (χ1v) is 9.96. The highest BCUT2D eigenvalue weighted by molar-refractivity contribution is 6.05. The summed E-state index contributed by atoms with van der Waals surface area (Å²) in [6.07, 6.45) is 1.63. The number of anilines is 3. The molecule has 0 fully saturated rings. The molecule has 2 heterocycles. The van der Waals surface area contributed by atoms with Crippen LogP contribution in [0.1, 0.15) is 27.4 Å². The van der Waals surface area contributed by atoms with Crippen molar-refractivity contribution < 1.29 is 19.2 Å². The first-order valence-electron chi connectivity index (χ1n) is 9.96. The van der Waals surface area contributed by atoms with Crippen molar-refractivity contribution in [1.82, 2.24) is 10.1 Å². The smallest absolute Gasteiger partial charge is 0.255 e. The van der Waals surface area contributed by atoms with Crippen LogP contribution in [0.3, 0.4) is 0 Å². The fraction of sp³-hybridized carbons (Fsp3) is 0.125. The molecule has 0 atom stereocenters. The van der Waals surface area contributed by atoms with Crippen LogP contribution in [-0.2, 0) is 6.61 Å². The van der Waals surface area contributed by atoms with Gasteiger partial charge in [0.2, 0.25) is 0 Å². The van der Waals surface area contributed by atoms with Gasteiger partial charge in [0.15, 0.2) is 5.82 Å². The predicted molar refractivity (Wildman–Crippen MR) is 120 cm³/mol. The van der Waals surface area contributed by atoms with Crippen molar-refractivity contribution >= 4 is 23.1 Å². The largest absolute Gasteiger partial charge is 0.508 e. The van der Waals surface area contributed by atoms with Crippen LogP contribution < -0.4 is 15.4 Å². The van der Waals surface area contributed by atoms with Gasteiger partial charge in [-0.15, -0.1) is 0 Å². The molecule has 0 aliphatic heterocycles. The van der Waals surface area contributed by atoms with Gasteiger partial charge in [0.25, 0.3) is 5.91 Å². The number of aromatic hydroxyl groups is 1. The number of ether oxygens (including phenoxy) is 1. The SMILES string of the molecule is Cc1noc(C)c1COc1ccc(C(=O)Nc2cccnc2Nc2ccc(O)cc2)cc1. The van der Waals surface area contributed by atoms with E-state index in [1.807, 2.05) is 13.8 Å². The summed E-state index contributed by atoms with van der Waals surface area (Å²) in [6, 6.07) is 16.9. The van der Waals surface area contributed by atoms with Gasteiger partial charge in [0.05, 0.1) is 16.9 Å². The number of benzene rings is 2. The van der Waals surface area contributed by atoms with Gasteiger partial charge in [-0.05, 0) is 74.5 Å². The Balaban J connectivity index is 1.41. The second kappa shape index (κ2) is 9.22. The number of nitrogens with one attached hydrogen (secondary N) is 2. The van der Waals surface area contributed by atoms with Gasteiger partial charge >= 0.3 is 0 Å². The summed E-state index contributed by atoms with van der Waals surface area (Å²) in [4.78, 5) is 17.0. The van der Waals surface area contributed by atoms with Crippen molar-refractivity contribution in [2.75, 3.05) is 10.6 Å². The third-order valence-electron chi connectivity index (χ3n) is 4.87. The number of nitrogens with zero attached hydrogens (tertiary/aromatic N) is 2. The summed E-state index contributed by atoms with van der Waals surface area (Å²) in [5, 5.41) is 19.4. The van der Waals surface area contributed by atoms with E-state index in [0.29, 0.717) is 29.4 Å². The molecule has 0 saturated heterocycles. The molecule has 32 heavy (non-hydrogen) atoms. The Morgan fingerprint density at radius 3 is 2.50 bits per heavy atom. The van der Waals surface area contributed by atoms with Crippen molar-refractivity contribution in [3.8, 4) is 11.5 Å². The lowest BCUT2D eigenvalue weighted by molar-refractivity contribution is 0.102. The monoisotopic (exact) mass is 430 g/mol. The third-order valence-corrected chi connectivity index (χ3v) is 4.87. The number of rotatable bonds is 7. The highest BCUT2D eigenvalue weighted by Crippen LogP contribution is 2.25. The lowest BCUT2D eigenvalue weighted by atomic mass is 10.2. The summed E-state index contributed by atoms with van der Waals surface area (Å²) in [6.45, 7) is 4.05. The molecule has 8 nitrogen and oxygen atoms in total. The van der Waals surface area contributed by atoms with Gasteiger partial charge in [-0.3, -0.25) is 4.79 Å². The number of aromatic nitrogens is 2. The second-order valence-electron chi connectivity index (χ2n) is 7.14. The molecule has 2 aromatic heterocycles. The average Bonchev–Trinajstić information content (AvgIpc) is 3.12. The Morgan fingerprint density at radius 1 is 1.06 bits per heavy atom. The van der Waals surface area contributed by atoms with Crippen LogP contribution >= 0.6 is 0 Å². The highest BCUT2D eigenvalue weighted by Gasteiger charge is 2.12. The van der Waals surface area contributed by atoms with E-state index in [2.05, 4.69) is 20.8 Å². The zero-order valence-electron chi connectivity index (χ0n) is 17.6. The van der Waals surface area contributed by atoms with Crippen LogP contribution in [0.15, 0.2) is 71.4 Å². The summed E-state index contributed by atoms with van der Waals surface area (Å²) in [5.74, 6) is 1.75. The minimum Gasteiger partial charge on any atom is -0.508 e. The fourth-order valence-corrected chi connectivity index (χ4v) is 3.05. The maximum absolute atomic E-state index is 12.7. The van der Waals surface area contributed by atoms with Gasteiger partial charge < -0.3 is 25.0 Å². The van der Waals surface area contributed by atoms with Crippen molar-refractivity contribution in [2.24, 2.45) is 0 Å². The number of phenols is 1. The summed E-state index contributed by atoms with van der Waals surface area (Å²) >= 11 is 0. The number of carbonyl (C=O) groups is 1. The number of pyridine rings is 1. The number of aryl methyl sites for hydroxylation is 2. The molecule has 2 aromatic carbocycles. The second-order valence-corrected chi connectivity index (χ2v) is 7.14. The molecule has 3 N–H and O–H groups in total. The first-order chi connectivity index (χ1) is 15.5. The van der Waals surface area contributed by atoms with E-state index in [9.17, 15) is 9.90 Å². The number of carbonyl (C=O) groups excluding carboxylic acids is 1. The Morgan fingerprint density at radius 2 is 1.81 bits per heavy atom. The van der Waals surface area contributed by atoms with Gasteiger partial charge in [-0.2, -0.15) is 0 Å². The van der Waals surface area contributed by atoms with E-state index in [-0.39, 0.29) is 11.7 Å². The lowest BCUT2D eigenvalue weighted by Gasteiger charge is -2.12. The molecule has 0 radical (unpaired) electrons. The molecule has 162 valence electrons. The number of hydrogen-bond acceptors (Lipinski definition) is 7. The normalized spacial score (nSPS) is 10.6. The van der Waals surface area contributed by atoms with E-state index in [4.69, 9.17) is 9.26 Å². The van der Waals surface area contributed by atoms with E-state index in [1.165, 1.54) is 0 Å². The predicted octanol–water partition coefficient (Wildman–Crippen LogP) is 4.97. The van der Waals surface area contributed by atoms with E-state index >= 15 is 0 Å². The fourth-order valence-electron chi connectivity index (χ4n) is 3.05. The van der Waals surface area contributed by atoms with E-state index in [0.717, 1.165) is 22.7 Å². The Kier molecular flexibility index (Phi) is 6.03. The molecular formula is C24H22N4O4. The van der Waals surface area contributed by atoms with Gasteiger partial charge in [-0.25, -0.2) is 4.98 Å². The first kappa shape index (κ1) is 20.9. The molecule has 0 bridgehead atoms. The molecule has 4 rings (SSSR count). The van der Waals surface area contributed by atoms with Crippen molar-refractivity contribution in [2.45, 2.75) is 20.5 Å². The van der Waals surface area contributed by atoms with Crippen LogP contribution in [0.2, 0.25) is 0 Å².